The third-order valence-corrected chi connectivity index (χ3v) is 12.1. The predicted molar refractivity (Wildman–Crippen MR) is 268 cm³/mol. The van der Waals surface area contributed by atoms with Crippen molar-refractivity contribution in [1.29, 1.82) is 0 Å². The van der Waals surface area contributed by atoms with Crippen LogP contribution in [0.4, 0.5) is 56.1 Å². The molecule has 0 spiro atoms. The smallest absolute Gasteiger partial charge is 0.399 e. The van der Waals surface area contributed by atoms with Gasteiger partial charge in [0.2, 0.25) is 0 Å². The maximum atomic E-state index is 13.2. The first-order chi connectivity index (χ1) is 33.9. The highest BCUT2D eigenvalue weighted by molar-refractivity contribution is 14.1. The van der Waals surface area contributed by atoms with Gasteiger partial charge in [0, 0.05) is 29.3 Å². The number of halogens is 9. The Morgan fingerprint density at radius 1 is 0.583 bits per heavy atom. The van der Waals surface area contributed by atoms with Gasteiger partial charge in [0.05, 0.1) is 29.3 Å². The molecule has 4 aromatic heterocycles. The van der Waals surface area contributed by atoms with Gasteiger partial charge in [0.15, 0.2) is 0 Å². The minimum atomic E-state index is -4.48. The second-order valence-electron chi connectivity index (χ2n) is 17.2. The van der Waals surface area contributed by atoms with Crippen molar-refractivity contribution in [3.05, 3.63) is 161 Å². The fourth-order valence-electron chi connectivity index (χ4n) is 7.00. The highest BCUT2D eigenvalue weighted by Gasteiger charge is 2.51. The number of hydrogen-bond donors (Lipinski definition) is 4. The second kappa shape index (κ2) is 21.7. The molecule has 0 bridgehead atoms. The molecule has 1 aliphatic rings. The zero-order chi connectivity index (χ0) is 52.0. The Morgan fingerprint density at radius 3 is 1.56 bits per heavy atom. The lowest BCUT2D eigenvalue weighted by Gasteiger charge is -2.32. The average molecular weight is 1110 g/mol. The summed E-state index contributed by atoms with van der Waals surface area (Å²) in [5, 5.41) is 8.26. The number of anilines is 2. The molecule has 374 valence electrons. The van der Waals surface area contributed by atoms with E-state index in [4.69, 9.17) is 9.31 Å². The standard InChI is InChI=1S/C22H16F4N4O.C15H20BF3N2O3.C13H8FIN2/c23-17-6-4-14(5-7-17)15-8-9-30-19(12-27-20(30)11-15)16-2-1-3-18(10-16)29-21(31)28-13-22(24,25)26;1-13(2)14(3,4)24-16(23-13)10-6-5-7-11(8-10)21-12(22)20-9-15(17,18)19;14-11-3-1-9(2-4-11)10-5-6-17-12(15)8-16-13(17)7-10/h1-12H,13H2,(H2,28,29,31);5-8H,9H2,1-4H3,(H2,20,21,22);1-8H. The summed E-state index contributed by atoms with van der Waals surface area (Å²) in [6.07, 6.45) is -1.66. The van der Waals surface area contributed by atoms with Crippen LogP contribution in [-0.2, 0) is 9.31 Å². The van der Waals surface area contributed by atoms with Crippen LogP contribution in [0.3, 0.4) is 0 Å². The minimum absolute atomic E-state index is 0.217. The van der Waals surface area contributed by atoms with E-state index in [9.17, 15) is 44.7 Å². The van der Waals surface area contributed by atoms with Crippen LogP contribution in [0.5, 0.6) is 0 Å². The third kappa shape index (κ3) is 13.9. The molecule has 1 saturated heterocycles. The quantitative estimate of drug-likeness (QED) is 0.0680. The first-order valence-corrected chi connectivity index (χ1v) is 22.9. The molecule has 12 nitrogen and oxygen atoms in total. The molecule has 0 saturated carbocycles. The van der Waals surface area contributed by atoms with Crippen LogP contribution in [0.2, 0.25) is 0 Å². The molecule has 9 rings (SSSR count). The summed E-state index contributed by atoms with van der Waals surface area (Å²) in [7, 11) is -0.616. The molecule has 0 atom stereocenters. The number of fused-ring (bicyclic) bond motifs is 2. The molecule has 4 amide bonds. The minimum Gasteiger partial charge on any atom is -0.399 e. The lowest BCUT2D eigenvalue weighted by atomic mass is 9.79. The number of rotatable bonds is 8. The van der Waals surface area contributed by atoms with E-state index in [0.717, 1.165) is 42.9 Å². The molecule has 8 aromatic rings. The van der Waals surface area contributed by atoms with Crippen LogP contribution in [0.15, 0.2) is 146 Å². The number of urea groups is 2. The Balaban J connectivity index is 0.000000165. The van der Waals surface area contributed by atoms with E-state index < -0.39 is 55.8 Å². The number of hydrogen-bond acceptors (Lipinski definition) is 6. The normalized spacial score (nSPS) is 13.9. The van der Waals surface area contributed by atoms with Crippen molar-refractivity contribution in [3.8, 4) is 33.5 Å². The van der Waals surface area contributed by atoms with Gasteiger partial charge in [0.25, 0.3) is 0 Å². The summed E-state index contributed by atoms with van der Waals surface area (Å²) in [4.78, 5) is 31.9. The van der Waals surface area contributed by atoms with E-state index in [2.05, 4.69) is 43.2 Å². The molecule has 1 aliphatic heterocycles. The zero-order valence-electron chi connectivity index (χ0n) is 38.7. The molecule has 0 aliphatic carbocycles. The van der Waals surface area contributed by atoms with Crippen molar-refractivity contribution in [2.75, 3.05) is 23.7 Å². The Bertz CT molecular complexity index is 3170. The molecule has 72 heavy (non-hydrogen) atoms. The molecule has 4 aromatic carbocycles. The monoisotopic (exact) mass is 1110 g/mol. The number of amides is 4. The lowest BCUT2D eigenvalue weighted by molar-refractivity contribution is -0.123. The number of nitrogens with one attached hydrogen (secondary N) is 4. The molecule has 4 N–H and O–H groups in total. The van der Waals surface area contributed by atoms with Gasteiger partial charge < -0.3 is 30.6 Å². The topological polar surface area (TPSA) is 135 Å². The van der Waals surface area contributed by atoms with Crippen molar-refractivity contribution in [1.82, 2.24) is 29.4 Å². The van der Waals surface area contributed by atoms with Crippen LogP contribution in [0.25, 0.3) is 44.8 Å². The Morgan fingerprint density at radius 2 is 1.04 bits per heavy atom. The SMILES string of the molecule is CC1(C)OB(c2cccc(NC(=O)NCC(F)(F)F)c2)OC1(C)C.Fc1ccc(-c2ccn3c(I)cnc3c2)cc1.O=C(NCC(F)(F)F)Nc1cccc(-c2cnc3cc(-c4ccc(F)cc4)ccn23)c1. The van der Waals surface area contributed by atoms with E-state index in [-0.39, 0.29) is 11.6 Å². The van der Waals surface area contributed by atoms with Gasteiger partial charge in [-0.3, -0.25) is 8.80 Å². The van der Waals surface area contributed by atoms with E-state index in [1.54, 1.807) is 89.6 Å². The number of nitrogens with zero attached hydrogens (tertiary/aromatic N) is 4. The van der Waals surface area contributed by atoms with E-state index >= 15 is 0 Å². The van der Waals surface area contributed by atoms with Crippen molar-refractivity contribution in [2.24, 2.45) is 0 Å². The van der Waals surface area contributed by atoms with Crippen molar-refractivity contribution >= 4 is 69.9 Å². The molecule has 1 fully saturated rings. The maximum absolute atomic E-state index is 13.2. The lowest BCUT2D eigenvalue weighted by Crippen LogP contribution is -2.41. The number of carbonyl (C=O) groups excluding carboxylic acids is 2. The fourth-order valence-corrected chi connectivity index (χ4v) is 7.54. The fraction of sp³-hybridized carbons (Fsp3) is 0.200. The Kier molecular flexibility index (Phi) is 15.9. The van der Waals surface area contributed by atoms with Crippen LogP contribution in [0.1, 0.15) is 27.7 Å². The Hall–Kier alpha value is -7.05. The number of benzene rings is 4. The van der Waals surface area contributed by atoms with Crippen LogP contribution >= 0.6 is 22.6 Å². The predicted octanol–water partition coefficient (Wildman–Crippen LogP) is 11.9. The summed E-state index contributed by atoms with van der Waals surface area (Å²) >= 11 is 2.23. The highest BCUT2D eigenvalue weighted by atomic mass is 127. The van der Waals surface area contributed by atoms with Gasteiger partial charge in [-0.05, 0) is 151 Å². The molecular formula is C50H44BF8IN8O4. The largest absolute Gasteiger partial charge is 0.494 e. The van der Waals surface area contributed by atoms with Gasteiger partial charge in [-0.1, -0.05) is 48.5 Å². The average Bonchev–Trinajstić information content (AvgIpc) is 3.99. The number of pyridine rings is 2. The maximum Gasteiger partial charge on any atom is 0.494 e. The highest BCUT2D eigenvalue weighted by Crippen LogP contribution is 2.37. The van der Waals surface area contributed by atoms with Crippen LogP contribution in [0, 0.1) is 15.3 Å². The summed E-state index contributed by atoms with van der Waals surface area (Å²) in [6, 6.07) is 31.8. The summed E-state index contributed by atoms with van der Waals surface area (Å²) in [6.45, 7) is 4.86. The van der Waals surface area contributed by atoms with Crippen molar-refractivity contribution in [3.63, 3.8) is 0 Å². The number of aromatic nitrogens is 4. The number of imidazole rings is 2. The van der Waals surface area contributed by atoms with Crippen molar-refractivity contribution in [2.45, 2.75) is 51.2 Å². The van der Waals surface area contributed by atoms with Gasteiger partial charge in [0.1, 0.15) is 39.7 Å². The number of carbonyl (C=O) groups is 2. The third-order valence-electron chi connectivity index (χ3n) is 11.3. The van der Waals surface area contributed by atoms with Crippen LogP contribution in [-0.4, -0.2) is 74.6 Å². The van der Waals surface area contributed by atoms with Gasteiger partial charge in [-0.25, -0.2) is 28.3 Å². The summed E-state index contributed by atoms with van der Waals surface area (Å²) in [5.74, 6) is -0.529. The van der Waals surface area contributed by atoms with E-state index in [1.165, 1.54) is 24.3 Å². The summed E-state index contributed by atoms with van der Waals surface area (Å²) < 4.78 is 116. The van der Waals surface area contributed by atoms with Gasteiger partial charge >= 0.3 is 31.5 Å². The number of alkyl halides is 6. The first kappa shape index (κ1) is 52.8. The first-order valence-electron chi connectivity index (χ1n) is 21.8. The zero-order valence-corrected chi connectivity index (χ0v) is 40.8. The molecule has 0 radical (unpaired) electrons. The molecular weight excluding hydrogens is 1070 g/mol. The van der Waals surface area contributed by atoms with Gasteiger partial charge in [-0.15, -0.1) is 0 Å². The second-order valence-corrected chi connectivity index (χ2v) is 18.3. The van der Waals surface area contributed by atoms with Crippen LogP contribution < -0.4 is 26.7 Å². The Labute approximate surface area is 421 Å². The van der Waals surface area contributed by atoms with Gasteiger partial charge in [-0.2, -0.15) is 26.3 Å². The molecule has 22 heteroatoms. The molecule has 0 unspecified atom stereocenters. The van der Waals surface area contributed by atoms with E-state index in [1.807, 2.05) is 79.4 Å². The summed E-state index contributed by atoms with van der Waals surface area (Å²) in [5.41, 5.74) is 7.12. The van der Waals surface area contributed by atoms with Crippen molar-refractivity contribution < 1.29 is 54.0 Å². The molecule has 5 heterocycles. The van der Waals surface area contributed by atoms with E-state index in [0.29, 0.717) is 22.5 Å².